The third-order valence-electron chi connectivity index (χ3n) is 6.29. The van der Waals surface area contributed by atoms with Gasteiger partial charge in [0, 0.05) is 31.9 Å². The van der Waals surface area contributed by atoms with Crippen molar-refractivity contribution < 1.29 is 24.2 Å². The second kappa shape index (κ2) is 9.76. The van der Waals surface area contributed by atoms with Crippen LogP contribution in [0.2, 0.25) is 0 Å². The number of amides is 1. The zero-order valence-electron chi connectivity index (χ0n) is 19.3. The van der Waals surface area contributed by atoms with Gasteiger partial charge < -0.3 is 19.5 Å². The Morgan fingerprint density at radius 3 is 2.67 bits per heavy atom. The molecule has 1 aromatic heterocycles. The molecule has 4 rings (SSSR count). The lowest BCUT2D eigenvalue weighted by Crippen LogP contribution is -2.38. The lowest BCUT2D eigenvalue weighted by molar-refractivity contribution is -0.140. The number of aromatic amines is 1. The zero-order valence-corrected chi connectivity index (χ0v) is 19.3. The molecule has 2 saturated heterocycles. The van der Waals surface area contributed by atoms with Crippen molar-refractivity contribution in [2.75, 3.05) is 46.5 Å². The number of likely N-dealkylation sites (tertiary alicyclic amines) is 1. The average molecular weight is 455 g/mol. The highest BCUT2D eigenvalue weighted by Crippen LogP contribution is 2.41. The van der Waals surface area contributed by atoms with Crippen molar-refractivity contribution in [3.63, 3.8) is 0 Å². The van der Waals surface area contributed by atoms with Gasteiger partial charge in [-0.25, -0.2) is 0 Å². The molecule has 2 aromatic rings. The molecule has 0 saturated carbocycles. The van der Waals surface area contributed by atoms with Crippen LogP contribution >= 0.6 is 0 Å². The number of morpholine rings is 1. The predicted octanol–water partition coefficient (Wildman–Crippen LogP) is 2.18. The highest BCUT2D eigenvalue weighted by atomic mass is 16.5. The van der Waals surface area contributed by atoms with Crippen LogP contribution in [0.15, 0.2) is 29.8 Å². The van der Waals surface area contributed by atoms with Gasteiger partial charge in [0.1, 0.15) is 11.5 Å². The van der Waals surface area contributed by atoms with Gasteiger partial charge in [0.05, 0.1) is 43.2 Å². The first-order valence-corrected chi connectivity index (χ1v) is 11.2. The molecule has 0 bridgehead atoms. The van der Waals surface area contributed by atoms with Gasteiger partial charge in [-0.2, -0.15) is 5.10 Å². The Labute approximate surface area is 193 Å². The first-order chi connectivity index (χ1) is 15.9. The van der Waals surface area contributed by atoms with Crippen molar-refractivity contribution in [1.29, 1.82) is 0 Å². The Balaban J connectivity index is 1.71. The number of carbonyl (C=O) groups excluding carboxylic acids is 2. The smallest absolute Gasteiger partial charge is 0.295 e. The van der Waals surface area contributed by atoms with E-state index in [1.165, 1.54) is 0 Å². The van der Waals surface area contributed by atoms with Gasteiger partial charge >= 0.3 is 0 Å². The number of H-pyrrole nitrogens is 1. The Morgan fingerprint density at radius 1 is 1.24 bits per heavy atom. The first kappa shape index (κ1) is 23.0. The Bertz CT molecular complexity index is 1050. The highest BCUT2D eigenvalue weighted by Gasteiger charge is 2.46. The molecular weight excluding hydrogens is 424 g/mol. The van der Waals surface area contributed by atoms with Crippen molar-refractivity contribution in [3.8, 4) is 5.75 Å². The molecule has 2 N–H and O–H groups in total. The number of ether oxygens (including phenoxy) is 2. The van der Waals surface area contributed by atoms with E-state index in [0.29, 0.717) is 54.4 Å². The van der Waals surface area contributed by atoms with E-state index in [9.17, 15) is 14.7 Å². The lowest BCUT2D eigenvalue weighted by Gasteiger charge is -2.29. The van der Waals surface area contributed by atoms with Gasteiger partial charge in [-0.1, -0.05) is 12.1 Å². The SMILES string of the molecule is COc1cccc([C@H]2/C(=C(\O)c3c(C)n[nH]c3C)C(=O)C(=O)N2CCCN2CCOCC2)c1. The van der Waals surface area contributed by atoms with Crippen LogP contribution in [0, 0.1) is 13.8 Å². The van der Waals surface area contributed by atoms with Gasteiger partial charge in [-0.15, -0.1) is 0 Å². The van der Waals surface area contributed by atoms with Crippen LogP contribution in [0.25, 0.3) is 5.76 Å². The molecule has 2 fully saturated rings. The summed E-state index contributed by atoms with van der Waals surface area (Å²) in [5.74, 6) is -0.889. The summed E-state index contributed by atoms with van der Waals surface area (Å²) in [7, 11) is 1.57. The number of ketones is 1. The number of aliphatic hydroxyl groups is 1. The van der Waals surface area contributed by atoms with Crippen LogP contribution in [0.1, 0.15) is 35.0 Å². The van der Waals surface area contributed by atoms with Crippen molar-refractivity contribution in [1.82, 2.24) is 20.0 Å². The molecule has 33 heavy (non-hydrogen) atoms. The fourth-order valence-corrected chi connectivity index (χ4v) is 4.59. The summed E-state index contributed by atoms with van der Waals surface area (Å²) in [5, 5.41) is 18.2. The topological polar surface area (TPSA) is 108 Å². The van der Waals surface area contributed by atoms with Crippen LogP contribution in [-0.4, -0.2) is 83.3 Å². The number of carbonyl (C=O) groups is 2. The minimum atomic E-state index is -0.710. The summed E-state index contributed by atoms with van der Waals surface area (Å²) in [5.41, 5.74) is 2.43. The fourth-order valence-electron chi connectivity index (χ4n) is 4.59. The van der Waals surface area contributed by atoms with Gasteiger partial charge in [-0.3, -0.25) is 19.6 Å². The Hall–Kier alpha value is -3.17. The number of Topliss-reactive ketones (excluding diaryl/α,β-unsaturated/α-hetero) is 1. The molecule has 3 heterocycles. The minimum absolute atomic E-state index is 0.0761. The number of aromatic nitrogens is 2. The number of aryl methyl sites for hydroxylation is 2. The molecule has 2 aliphatic rings. The maximum absolute atomic E-state index is 13.2. The summed E-state index contributed by atoms with van der Waals surface area (Å²) in [6.45, 7) is 7.84. The summed E-state index contributed by atoms with van der Waals surface area (Å²) in [4.78, 5) is 30.2. The van der Waals surface area contributed by atoms with Crippen molar-refractivity contribution in [3.05, 3.63) is 52.4 Å². The highest BCUT2D eigenvalue weighted by molar-refractivity contribution is 6.46. The normalized spacial score (nSPS) is 21.1. The number of aliphatic hydroxyl groups excluding tert-OH is 1. The first-order valence-electron chi connectivity index (χ1n) is 11.2. The lowest BCUT2D eigenvalue weighted by atomic mass is 9.94. The van der Waals surface area contributed by atoms with Crippen LogP contribution in [-0.2, 0) is 14.3 Å². The molecule has 1 aromatic carbocycles. The monoisotopic (exact) mass is 454 g/mol. The van der Waals surface area contributed by atoms with E-state index < -0.39 is 17.7 Å². The van der Waals surface area contributed by atoms with Gasteiger partial charge in [-0.05, 0) is 38.0 Å². The largest absolute Gasteiger partial charge is 0.507 e. The summed E-state index contributed by atoms with van der Waals surface area (Å²) in [6, 6.07) is 6.55. The van der Waals surface area contributed by atoms with Gasteiger partial charge in [0.25, 0.3) is 11.7 Å². The molecule has 0 spiro atoms. The van der Waals surface area contributed by atoms with E-state index >= 15 is 0 Å². The molecule has 1 atom stereocenters. The minimum Gasteiger partial charge on any atom is -0.507 e. The average Bonchev–Trinajstić information content (AvgIpc) is 3.30. The fraction of sp³-hybridized carbons (Fsp3) is 0.458. The summed E-state index contributed by atoms with van der Waals surface area (Å²) < 4.78 is 10.8. The van der Waals surface area contributed by atoms with E-state index in [-0.39, 0.29) is 11.3 Å². The molecule has 1 amide bonds. The standard InChI is InChI=1S/C24H30N4O5/c1-15-19(16(2)26-25-15)22(29)20-21(17-6-4-7-18(14-17)32-3)28(24(31)23(20)30)9-5-8-27-10-12-33-13-11-27/h4,6-7,14,21,29H,5,8-13H2,1-3H3,(H,25,26)/b22-20+/t21-/m0/s1. The van der Waals surface area contributed by atoms with E-state index in [0.717, 1.165) is 19.6 Å². The van der Waals surface area contributed by atoms with Gasteiger partial charge in [0.15, 0.2) is 0 Å². The van der Waals surface area contributed by atoms with Crippen LogP contribution < -0.4 is 4.74 Å². The third-order valence-corrected chi connectivity index (χ3v) is 6.29. The number of nitrogens with one attached hydrogen (secondary N) is 1. The summed E-state index contributed by atoms with van der Waals surface area (Å²) in [6.07, 6.45) is 0.706. The van der Waals surface area contributed by atoms with E-state index in [1.54, 1.807) is 38.0 Å². The van der Waals surface area contributed by atoms with Crippen LogP contribution in [0.3, 0.4) is 0 Å². The maximum Gasteiger partial charge on any atom is 0.295 e. The number of hydrogen-bond acceptors (Lipinski definition) is 7. The van der Waals surface area contributed by atoms with Crippen LogP contribution in [0.5, 0.6) is 5.75 Å². The molecule has 9 heteroatoms. The quantitative estimate of drug-likeness (QED) is 0.375. The second-order valence-electron chi connectivity index (χ2n) is 8.39. The Kier molecular flexibility index (Phi) is 6.80. The predicted molar refractivity (Wildman–Crippen MR) is 122 cm³/mol. The van der Waals surface area contributed by atoms with E-state index in [2.05, 4.69) is 15.1 Å². The number of methoxy groups -OCH3 is 1. The number of hydrogen-bond donors (Lipinski definition) is 2. The van der Waals surface area contributed by atoms with Crippen molar-refractivity contribution in [2.24, 2.45) is 0 Å². The molecule has 0 unspecified atom stereocenters. The van der Waals surface area contributed by atoms with Gasteiger partial charge in [0.2, 0.25) is 0 Å². The van der Waals surface area contributed by atoms with Crippen LogP contribution in [0.4, 0.5) is 0 Å². The molecule has 0 aliphatic carbocycles. The van der Waals surface area contributed by atoms with E-state index in [4.69, 9.17) is 9.47 Å². The number of nitrogens with zero attached hydrogens (tertiary/aromatic N) is 3. The van der Waals surface area contributed by atoms with Crippen molar-refractivity contribution >= 4 is 17.4 Å². The zero-order chi connectivity index (χ0) is 23.5. The van der Waals surface area contributed by atoms with Crippen molar-refractivity contribution in [2.45, 2.75) is 26.3 Å². The molecule has 176 valence electrons. The Morgan fingerprint density at radius 2 is 2.00 bits per heavy atom. The third kappa shape index (κ3) is 4.51. The molecular formula is C24H30N4O5. The van der Waals surface area contributed by atoms with E-state index in [1.807, 2.05) is 12.1 Å². The summed E-state index contributed by atoms with van der Waals surface area (Å²) >= 11 is 0. The number of benzene rings is 1. The second-order valence-corrected chi connectivity index (χ2v) is 8.39. The molecule has 2 aliphatic heterocycles. The number of rotatable bonds is 7. The molecule has 0 radical (unpaired) electrons. The molecule has 9 nitrogen and oxygen atoms in total. The maximum atomic E-state index is 13.2.